The van der Waals surface area contributed by atoms with Crippen molar-refractivity contribution in [3.63, 3.8) is 0 Å². The van der Waals surface area contributed by atoms with E-state index in [1.165, 1.54) is 31.4 Å². The van der Waals surface area contributed by atoms with E-state index in [1.54, 1.807) is 23.1 Å². The third kappa shape index (κ3) is 5.54. The number of H-pyrrole nitrogens is 1. The first-order valence-electron chi connectivity index (χ1n) is 12.1. The van der Waals surface area contributed by atoms with Crippen LogP contribution in [-0.2, 0) is 0 Å². The minimum absolute atomic E-state index is 0.0466. The van der Waals surface area contributed by atoms with Crippen molar-refractivity contribution in [2.45, 2.75) is 19.8 Å². The van der Waals surface area contributed by atoms with Gasteiger partial charge in [0, 0.05) is 31.4 Å². The molecule has 0 aliphatic rings. The zero-order valence-electron chi connectivity index (χ0n) is 21.3. The lowest BCUT2D eigenvalue weighted by Crippen LogP contribution is -2.22. The van der Waals surface area contributed by atoms with Crippen LogP contribution in [0, 0.1) is 5.82 Å². The largest absolute Gasteiger partial charge is 0.457 e. The number of hydrogen-bond donors (Lipinski definition) is 4. The van der Waals surface area contributed by atoms with Gasteiger partial charge in [-0.05, 0) is 42.3 Å². The number of pyridine rings is 1. The molecule has 198 valence electrons. The molecule has 0 saturated carbocycles. The molecule has 0 aliphatic carbocycles. The van der Waals surface area contributed by atoms with Crippen LogP contribution in [0.3, 0.4) is 0 Å². The second kappa shape index (κ2) is 10.6. The van der Waals surface area contributed by atoms with E-state index in [-0.39, 0.29) is 29.0 Å². The van der Waals surface area contributed by atoms with E-state index in [0.717, 1.165) is 28.5 Å². The van der Waals surface area contributed by atoms with E-state index < -0.39 is 11.8 Å². The molecule has 0 aliphatic heterocycles. The molecular weight excluding hydrogens is 503 g/mol. The van der Waals surface area contributed by atoms with Gasteiger partial charge in [-0.25, -0.2) is 18.9 Å². The highest BCUT2D eigenvalue weighted by atomic mass is 19.1. The monoisotopic (exact) mass is 528 g/mol. The third-order valence-corrected chi connectivity index (χ3v) is 5.83. The molecule has 5 rings (SSSR count). The Morgan fingerprint density at radius 2 is 1.82 bits per heavy atom. The van der Waals surface area contributed by atoms with Crippen molar-refractivity contribution in [2.75, 3.05) is 17.7 Å². The highest BCUT2D eigenvalue weighted by Crippen LogP contribution is 2.27. The minimum Gasteiger partial charge on any atom is -0.457 e. The van der Waals surface area contributed by atoms with Crippen molar-refractivity contribution in [3.05, 3.63) is 84.3 Å². The average Bonchev–Trinajstić information content (AvgIpc) is 3.56. The van der Waals surface area contributed by atoms with Crippen LogP contribution in [0.25, 0.3) is 16.7 Å². The van der Waals surface area contributed by atoms with Crippen molar-refractivity contribution < 1.29 is 18.7 Å². The first-order chi connectivity index (χ1) is 18.8. The quantitative estimate of drug-likeness (QED) is 0.229. The van der Waals surface area contributed by atoms with E-state index >= 15 is 0 Å². The molecule has 0 fully saturated rings. The molecule has 0 bridgehead atoms. The second-order valence-electron chi connectivity index (χ2n) is 8.90. The van der Waals surface area contributed by atoms with E-state index in [0.29, 0.717) is 11.6 Å². The van der Waals surface area contributed by atoms with Crippen LogP contribution >= 0.6 is 0 Å². The van der Waals surface area contributed by atoms with Crippen LogP contribution in [0.15, 0.2) is 67.1 Å². The average molecular weight is 529 g/mol. The number of rotatable bonds is 7. The number of carbonyl (C=O) groups is 2. The Hall–Kier alpha value is -5.26. The maximum Gasteiger partial charge on any atom is 0.324 e. The summed E-state index contributed by atoms with van der Waals surface area (Å²) in [6, 6.07) is 13.7. The van der Waals surface area contributed by atoms with Crippen LogP contribution < -0.4 is 20.7 Å². The number of fused-ring (bicyclic) bond motifs is 1. The number of urea groups is 1. The number of carbonyl (C=O) groups excluding carboxylic acids is 2. The van der Waals surface area contributed by atoms with Gasteiger partial charge in [-0.2, -0.15) is 5.10 Å². The first-order valence-corrected chi connectivity index (χ1v) is 12.1. The number of hydrogen-bond acceptors (Lipinski definition) is 6. The van der Waals surface area contributed by atoms with Crippen molar-refractivity contribution >= 4 is 34.5 Å². The number of aromatic nitrogens is 5. The molecule has 4 N–H and O–H groups in total. The number of anilines is 2. The van der Waals surface area contributed by atoms with Crippen molar-refractivity contribution in [2.24, 2.45) is 0 Å². The molecule has 0 saturated heterocycles. The summed E-state index contributed by atoms with van der Waals surface area (Å²) in [5, 5.41) is 12.4. The summed E-state index contributed by atoms with van der Waals surface area (Å²) in [5.41, 5.74) is 3.24. The molecule has 3 amide bonds. The van der Waals surface area contributed by atoms with Gasteiger partial charge >= 0.3 is 6.03 Å². The molecule has 2 aromatic carbocycles. The SMILES string of the molecule is CNC(=O)c1cc(Oc2ccc(NC(=O)Nc3cc(C(C)C)nn3-c3ccc4nc[nH]c4c3)c(F)c2)ccn1. The van der Waals surface area contributed by atoms with Crippen LogP contribution in [0.4, 0.5) is 20.7 Å². The van der Waals surface area contributed by atoms with Gasteiger partial charge in [0.1, 0.15) is 28.8 Å². The molecule has 39 heavy (non-hydrogen) atoms. The highest BCUT2D eigenvalue weighted by molar-refractivity contribution is 5.99. The van der Waals surface area contributed by atoms with Crippen molar-refractivity contribution in [1.29, 1.82) is 0 Å². The zero-order chi connectivity index (χ0) is 27.5. The Labute approximate surface area is 222 Å². The number of halogens is 1. The Kier molecular flexibility index (Phi) is 6.91. The highest BCUT2D eigenvalue weighted by Gasteiger charge is 2.17. The summed E-state index contributed by atoms with van der Waals surface area (Å²) in [7, 11) is 1.49. The van der Waals surface area contributed by atoms with Gasteiger partial charge in [0.25, 0.3) is 5.91 Å². The summed E-state index contributed by atoms with van der Waals surface area (Å²) >= 11 is 0. The standard InChI is InChI=1S/C27H25FN8O3/c1-15(2)22-13-25(36(35-22)16-4-6-21-23(10-16)32-14-31-21)34-27(38)33-20-7-5-17(11-19(20)28)39-18-8-9-30-24(12-18)26(37)29-3/h4-15H,1-3H3,(H,29,37)(H,31,32)(H2,33,34,38). The Balaban J connectivity index is 1.32. The van der Waals surface area contributed by atoms with Gasteiger partial charge in [-0.3, -0.25) is 15.1 Å². The number of ether oxygens (including phenoxy) is 1. The number of aromatic amines is 1. The lowest BCUT2D eigenvalue weighted by Gasteiger charge is -2.12. The van der Waals surface area contributed by atoms with E-state index in [4.69, 9.17) is 4.74 Å². The second-order valence-corrected chi connectivity index (χ2v) is 8.90. The third-order valence-electron chi connectivity index (χ3n) is 5.83. The van der Waals surface area contributed by atoms with Gasteiger partial charge in [0.05, 0.1) is 34.4 Å². The van der Waals surface area contributed by atoms with Crippen LogP contribution in [0.1, 0.15) is 35.9 Å². The predicted octanol–water partition coefficient (Wildman–Crippen LogP) is 5.20. The summed E-state index contributed by atoms with van der Waals surface area (Å²) in [6.07, 6.45) is 3.02. The minimum atomic E-state index is -0.704. The topological polar surface area (TPSA) is 139 Å². The summed E-state index contributed by atoms with van der Waals surface area (Å²) in [6.45, 7) is 4.00. The summed E-state index contributed by atoms with van der Waals surface area (Å²) in [5.74, 6) is -0.0563. The molecule has 0 radical (unpaired) electrons. The maximum absolute atomic E-state index is 14.9. The maximum atomic E-state index is 14.9. The van der Waals surface area contributed by atoms with E-state index in [1.807, 2.05) is 32.0 Å². The Morgan fingerprint density at radius 1 is 1.00 bits per heavy atom. The van der Waals surface area contributed by atoms with Gasteiger partial charge in [-0.1, -0.05) is 13.8 Å². The zero-order valence-corrected chi connectivity index (χ0v) is 21.3. The number of benzene rings is 2. The van der Waals surface area contributed by atoms with Gasteiger partial charge in [-0.15, -0.1) is 0 Å². The normalized spacial score (nSPS) is 11.0. The van der Waals surface area contributed by atoms with Crippen LogP contribution in [0.2, 0.25) is 0 Å². The summed E-state index contributed by atoms with van der Waals surface area (Å²) < 4.78 is 22.1. The van der Waals surface area contributed by atoms with E-state index in [9.17, 15) is 14.0 Å². The summed E-state index contributed by atoms with van der Waals surface area (Å²) in [4.78, 5) is 35.9. The van der Waals surface area contributed by atoms with Crippen LogP contribution in [0.5, 0.6) is 11.5 Å². The Bertz CT molecular complexity index is 1680. The van der Waals surface area contributed by atoms with E-state index in [2.05, 4.69) is 36.0 Å². The fourth-order valence-electron chi connectivity index (χ4n) is 3.82. The van der Waals surface area contributed by atoms with Gasteiger partial charge in [0.15, 0.2) is 0 Å². The lowest BCUT2D eigenvalue weighted by atomic mass is 10.1. The fourth-order valence-corrected chi connectivity index (χ4v) is 3.82. The molecular formula is C27H25FN8O3. The van der Waals surface area contributed by atoms with Crippen molar-refractivity contribution in [3.8, 4) is 17.2 Å². The van der Waals surface area contributed by atoms with Crippen molar-refractivity contribution in [1.82, 2.24) is 30.0 Å². The van der Waals surface area contributed by atoms with Gasteiger partial charge in [0.2, 0.25) is 0 Å². The first kappa shape index (κ1) is 25.4. The molecule has 3 heterocycles. The van der Waals surface area contributed by atoms with Gasteiger partial charge < -0.3 is 20.4 Å². The smallest absolute Gasteiger partial charge is 0.324 e. The Morgan fingerprint density at radius 3 is 2.59 bits per heavy atom. The number of amides is 3. The number of nitrogens with one attached hydrogen (secondary N) is 4. The molecule has 5 aromatic rings. The molecule has 11 nitrogen and oxygen atoms in total. The predicted molar refractivity (Wildman–Crippen MR) is 144 cm³/mol. The molecule has 12 heteroatoms. The molecule has 0 spiro atoms. The molecule has 0 unspecified atom stereocenters. The number of imidazole rings is 1. The fraction of sp³-hybridized carbons (Fsp3) is 0.148. The number of nitrogens with zero attached hydrogens (tertiary/aromatic N) is 4. The lowest BCUT2D eigenvalue weighted by molar-refractivity contribution is 0.0957. The van der Waals surface area contributed by atoms with Crippen LogP contribution in [-0.4, -0.2) is 43.7 Å². The molecule has 3 aromatic heterocycles. The molecule has 0 atom stereocenters.